The molecule has 1 aromatic heterocycles. The van der Waals surface area contributed by atoms with Crippen LogP contribution < -0.4 is 0 Å². The fraction of sp³-hybridized carbons (Fsp3) is 0.273. The monoisotopic (exact) mass is 278 g/mol. The number of carbonyl (C=O) groups is 2. The van der Waals surface area contributed by atoms with Crippen LogP contribution in [-0.4, -0.2) is 24.5 Å². The Balaban J connectivity index is 3.11. The molecule has 7 heteroatoms. The van der Waals surface area contributed by atoms with Gasteiger partial charge < -0.3 is 4.74 Å². The van der Waals surface area contributed by atoms with Gasteiger partial charge >= 0.3 is 12.1 Å². The number of hydrogen-bond donors (Lipinski definition) is 0. The van der Waals surface area contributed by atoms with E-state index in [0.717, 1.165) is 17.4 Å². The summed E-state index contributed by atoms with van der Waals surface area (Å²) in [6.45, 7) is 1.34. The van der Waals surface area contributed by atoms with Crippen LogP contribution in [-0.2, 0) is 14.3 Å². The largest absolute Gasteiger partial charge is 0.462 e. The normalized spacial score (nSPS) is 12.3. The van der Waals surface area contributed by atoms with Crippen LogP contribution in [0.1, 0.15) is 11.8 Å². The number of esters is 1. The third kappa shape index (κ3) is 3.69. The van der Waals surface area contributed by atoms with Crippen molar-refractivity contribution in [3.05, 3.63) is 28.0 Å². The van der Waals surface area contributed by atoms with Crippen LogP contribution in [0, 0.1) is 0 Å². The van der Waals surface area contributed by atoms with E-state index >= 15 is 0 Å². The van der Waals surface area contributed by atoms with E-state index in [1.807, 2.05) is 0 Å². The summed E-state index contributed by atoms with van der Waals surface area (Å²) < 4.78 is 41.4. The molecule has 0 aromatic carbocycles. The van der Waals surface area contributed by atoms with Gasteiger partial charge in [-0.1, -0.05) is 6.07 Å². The van der Waals surface area contributed by atoms with E-state index in [9.17, 15) is 22.8 Å². The Morgan fingerprint density at radius 3 is 2.56 bits per heavy atom. The van der Waals surface area contributed by atoms with Gasteiger partial charge in [-0.3, -0.25) is 4.79 Å². The summed E-state index contributed by atoms with van der Waals surface area (Å²) in [5, 5.41) is 1.62. The molecule has 1 rings (SSSR count). The Labute approximate surface area is 105 Å². The summed E-state index contributed by atoms with van der Waals surface area (Å²) in [5.41, 5.74) is -1.01. The van der Waals surface area contributed by atoms with Crippen molar-refractivity contribution in [3.8, 4) is 0 Å². The van der Waals surface area contributed by atoms with Crippen molar-refractivity contribution < 1.29 is 27.5 Å². The number of alkyl halides is 3. The highest BCUT2D eigenvalue weighted by molar-refractivity contribution is 7.10. The molecule has 0 aliphatic rings. The van der Waals surface area contributed by atoms with Gasteiger partial charge in [-0.15, -0.1) is 11.3 Å². The lowest BCUT2D eigenvalue weighted by Gasteiger charge is -2.08. The van der Waals surface area contributed by atoms with E-state index < -0.39 is 23.5 Å². The van der Waals surface area contributed by atoms with Gasteiger partial charge in [-0.2, -0.15) is 13.2 Å². The first kappa shape index (κ1) is 14.4. The maximum Gasteiger partial charge on any atom is 0.455 e. The van der Waals surface area contributed by atoms with Crippen molar-refractivity contribution >= 4 is 29.2 Å². The Kier molecular flexibility index (Phi) is 4.66. The fourth-order valence-electron chi connectivity index (χ4n) is 1.09. The Morgan fingerprint density at radius 2 is 2.11 bits per heavy atom. The molecule has 3 nitrogen and oxygen atoms in total. The lowest BCUT2D eigenvalue weighted by Crippen LogP contribution is -2.29. The second-order valence-electron chi connectivity index (χ2n) is 3.12. The molecule has 0 bridgehead atoms. The predicted molar refractivity (Wildman–Crippen MR) is 60.0 cm³/mol. The summed E-state index contributed by atoms with van der Waals surface area (Å²) in [6, 6.07) is 3.09. The highest BCUT2D eigenvalue weighted by Gasteiger charge is 2.43. The molecule has 0 fully saturated rings. The van der Waals surface area contributed by atoms with Crippen LogP contribution in [0.2, 0.25) is 0 Å². The summed E-state index contributed by atoms with van der Waals surface area (Å²) in [5.74, 6) is -3.47. The molecule has 0 N–H and O–H groups in total. The van der Waals surface area contributed by atoms with Crippen LogP contribution in [0.15, 0.2) is 23.1 Å². The zero-order valence-corrected chi connectivity index (χ0v) is 10.1. The number of ketones is 1. The van der Waals surface area contributed by atoms with Gasteiger partial charge in [0, 0.05) is 4.88 Å². The van der Waals surface area contributed by atoms with Crippen LogP contribution >= 0.6 is 11.3 Å². The number of thiophene rings is 1. The van der Waals surface area contributed by atoms with Crippen molar-refractivity contribution in [1.82, 2.24) is 0 Å². The van der Waals surface area contributed by atoms with E-state index in [-0.39, 0.29) is 6.61 Å². The molecule has 0 amide bonds. The molecule has 0 saturated carbocycles. The molecule has 1 aromatic rings. The third-order valence-corrected chi connectivity index (χ3v) is 2.65. The van der Waals surface area contributed by atoms with Crippen molar-refractivity contribution in [2.45, 2.75) is 13.1 Å². The number of hydrogen-bond acceptors (Lipinski definition) is 4. The Bertz CT molecular complexity index is 460. The number of rotatable bonds is 4. The average Bonchev–Trinajstić information content (AvgIpc) is 2.76. The number of Topliss-reactive ketones (excluding diaryl/α,β-unsaturated/α-hetero) is 1. The Morgan fingerprint density at radius 1 is 1.44 bits per heavy atom. The first-order chi connectivity index (χ1) is 8.36. The van der Waals surface area contributed by atoms with Crippen molar-refractivity contribution in [2.75, 3.05) is 6.61 Å². The average molecular weight is 278 g/mol. The molecule has 0 atom stereocenters. The van der Waals surface area contributed by atoms with Crippen LogP contribution in [0.4, 0.5) is 13.2 Å². The minimum Gasteiger partial charge on any atom is -0.462 e. The molecule has 0 unspecified atom stereocenters. The van der Waals surface area contributed by atoms with E-state index in [1.54, 1.807) is 11.4 Å². The summed E-state index contributed by atoms with van der Waals surface area (Å²) in [7, 11) is 0. The molecular formula is C11H9F3O3S. The van der Waals surface area contributed by atoms with Gasteiger partial charge in [0.1, 0.15) is 5.57 Å². The van der Waals surface area contributed by atoms with Crippen LogP contribution in [0.25, 0.3) is 6.08 Å². The topological polar surface area (TPSA) is 43.4 Å². The third-order valence-electron chi connectivity index (χ3n) is 1.83. The van der Waals surface area contributed by atoms with Gasteiger partial charge in [0.15, 0.2) is 0 Å². The van der Waals surface area contributed by atoms with Crippen molar-refractivity contribution in [1.29, 1.82) is 0 Å². The fourth-order valence-corrected chi connectivity index (χ4v) is 1.75. The van der Waals surface area contributed by atoms with Gasteiger partial charge in [0.05, 0.1) is 6.61 Å². The number of halogens is 3. The molecule has 0 aliphatic heterocycles. The minimum atomic E-state index is -5.10. The van der Waals surface area contributed by atoms with Crippen LogP contribution in [0.5, 0.6) is 0 Å². The zero-order valence-electron chi connectivity index (χ0n) is 9.28. The minimum absolute atomic E-state index is 0.105. The van der Waals surface area contributed by atoms with Crippen LogP contribution in [0.3, 0.4) is 0 Å². The second kappa shape index (κ2) is 5.81. The molecule has 18 heavy (non-hydrogen) atoms. The number of carbonyl (C=O) groups excluding carboxylic acids is 2. The molecule has 0 spiro atoms. The van der Waals surface area contributed by atoms with Gasteiger partial charge in [-0.05, 0) is 24.4 Å². The molecule has 0 radical (unpaired) electrons. The smallest absolute Gasteiger partial charge is 0.455 e. The molecule has 0 aliphatic carbocycles. The molecule has 1 heterocycles. The lowest BCUT2D eigenvalue weighted by atomic mass is 10.1. The van der Waals surface area contributed by atoms with Gasteiger partial charge in [0.25, 0.3) is 5.78 Å². The summed E-state index contributed by atoms with van der Waals surface area (Å²) in [4.78, 5) is 22.8. The number of ether oxygens (including phenoxy) is 1. The van der Waals surface area contributed by atoms with E-state index in [1.165, 1.54) is 13.0 Å². The maximum absolute atomic E-state index is 12.3. The van der Waals surface area contributed by atoms with E-state index in [2.05, 4.69) is 4.74 Å². The van der Waals surface area contributed by atoms with Crippen molar-refractivity contribution in [2.24, 2.45) is 0 Å². The van der Waals surface area contributed by atoms with E-state index in [4.69, 9.17) is 0 Å². The molecule has 98 valence electrons. The van der Waals surface area contributed by atoms with E-state index in [0.29, 0.717) is 4.88 Å². The standard InChI is InChI=1S/C11H9F3O3S/c1-2-17-10(16)8(9(15)11(12,13)14)6-7-4-3-5-18-7/h3-6H,2H2,1H3/b8-6+. The van der Waals surface area contributed by atoms with Gasteiger partial charge in [0.2, 0.25) is 0 Å². The molecular weight excluding hydrogens is 269 g/mol. The lowest BCUT2D eigenvalue weighted by molar-refractivity contribution is -0.168. The summed E-state index contributed by atoms with van der Waals surface area (Å²) >= 11 is 1.11. The van der Waals surface area contributed by atoms with Crippen molar-refractivity contribution in [3.63, 3.8) is 0 Å². The Hall–Kier alpha value is -1.63. The predicted octanol–water partition coefficient (Wildman–Crippen LogP) is 2.83. The summed E-state index contributed by atoms with van der Waals surface area (Å²) in [6.07, 6.45) is -4.21. The first-order valence-corrected chi connectivity index (χ1v) is 5.78. The quantitative estimate of drug-likeness (QED) is 0.368. The SMILES string of the molecule is CCOC(=O)/C(=C/c1cccs1)C(=O)C(F)(F)F. The maximum atomic E-state index is 12.3. The second-order valence-corrected chi connectivity index (χ2v) is 4.10. The molecule has 0 saturated heterocycles. The highest BCUT2D eigenvalue weighted by Crippen LogP contribution is 2.24. The highest BCUT2D eigenvalue weighted by atomic mass is 32.1. The van der Waals surface area contributed by atoms with Gasteiger partial charge in [-0.25, -0.2) is 4.79 Å². The first-order valence-electron chi connectivity index (χ1n) is 4.90. The zero-order chi connectivity index (χ0) is 13.8.